The van der Waals surface area contributed by atoms with Gasteiger partial charge < -0.3 is 15.2 Å². The first kappa shape index (κ1) is 16.7. The Morgan fingerprint density at radius 1 is 1.30 bits per heavy atom. The summed E-state index contributed by atoms with van der Waals surface area (Å²) in [5, 5.41) is 12.0. The molecule has 0 aliphatic heterocycles. The first-order valence-corrected chi connectivity index (χ1v) is 7.50. The van der Waals surface area contributed by atoms with Crippen molar-refractivity contribution < 1.29 is 19.4 Å². The number of aliphatic hydroxyl groups excluding tert-OH is 1. The van der Waals surface area contributed by atoms with Crippen molar-refractivity contribution in [3.05, 3.63) is 16.0 Å². The third kappa shape index (κ3) is 4.31. The van der Waals surface area contributed by atoms with Crippen LogP contribution in [0.2, 0.25) is 0 Å². The highest BCUT2D eigenvalue weighted by Crippen LogP contribution is 2.33. The molecule has 0 bridgehead atoms. The molecule has 0 saturated heterocycles. The topological polar surface area (TPSA) is 75.6 Å². The number of rotatable bonds is 7. The van der Waals surface area contributed by atoms with E-state index in [1.54, 1.807) is 6.92 Å². The van der Waals surface area contributed by atoms with Gasteiger partial charge in [0.1, 0.15) is 5.00 Å². The molecule has 20 heavy (non-hydrogen) atoms. The van der Waals surface area contributed by atoms with Gasteiger partial charge in [0.05, 0.1) is 12.2 Å². The van der Waals surface area contributed by atoms with E-state index in [9.17, 15) is 9.59 Å². The zero-order valence-corrected chi connectivity index (χ0v) is 12.9. The van der Waals surface area contributed by atoms with E-state index in [0.717, 1.165) is 10.4 Å². The fraction of sp³-hybridized carbons (Fsp3) is 0.571. The van der Waals surface area contributed by atoms with Crippen LogP contribution in [0.3, 0.4) is 0 Å². The number of esters is 1. The lowest BCUT2D eigenvalue weighted by Crippen LogP contribution is -2.14. The van der Waals surface area contributed by atoms with Gasteiger partial charge >= 0.3 is 5.97 Å². The van der Waals surface area contributed by atoms with Gasteiger partial charge in [-0.15, -0.1) is 11.3 Å². The largest absolute Gasteiger partial charge is 0.462 e. The molecule has 5 nitrogen and oxygen atoms in total. The Bertz CT molecular complexity index is 482. The minimum absolute atomic E-state index is 0.0819. The van der Waals surface area contributed by atoms with Crippen molar-refractivity contribution in [3.63, 3.8) is 0 Å². The van der Waals surface area contributed by atoms with E-state index in [-0.39, 0.29) is 12.5 Å². The number of amides is 1. The van der Waals surface area contributed by atoms with Gasteiger partial charge in [0.15, 0.2) is 0 Å². The van der Waals surface area contributed by atoms with E-state index in [1.165, 1.54) is 11.3 Å². The quantitative estimate of drug-likeness (QED) is 0.599. The van der Waals surface area contributed by atoms with Gasteiger partial charge in [-0.05, 0) is 39.2 Å². The van der Waals surface area contributed by atoms with Crippen LogP contribution in [0.15, 0.2) is 0 Å². The van der Waals surface area contributed by atoms with Crippen molar-refractivity contribution in [3.8, 4) is 0 Å². The summed E-state index contributed by atoms with van der Waals surface area (Å²) in [5.41, 5.74) is 1.30. The molecule has 0 unspecified atom stereocenters. The summed E-state index contributed by atoms with van der Waals surface area (Å²) in [5.74, 6) is -0.551. The van der Waals surface area contributed by atoms with Crippen LogP contribution in [0, 0.1) is 13.8 Å². The lowest BCUT2D eigenvalue weighted by atomic mass is 10.1. The molecule has 1 aromatic rings. The molecule has 0 spiro atoms. The highest BCUT2D eigenvalue weighted by Gasteiger charge is 2.21. The summed E-state index contributed by atoms with van der Waals surface area (Å²) < 4.78 is 5.03. The molecule has 0 aromatic carbocycles. The standard InChI is InChI=1S/C14H21NO4S/c1-4-19-14(18)12-9(2)10(3)20-13(12)15-11(17)7-5-6-8-16/h16H,4-8H2,1-3H3,(H,15,17). The van der Waals surface area contributed by atoms with Crippen LogP contribution in [0.25, 0.3) is 0 Å². The number of nitrogens with one attached hydrogen (secondary N) is 1. The molecule has 0 atom stereocenters. The van der Waals surface area contributed by atoms with E-state index in [0.29, 0.717) is 36.4 Å². The second-order valence-corrected chi connectivity index (χ2v) is 5.66. The predicted octanol–water partition coefficient (Wildman–Crippen LogP) is 2.64. The van der Waals surface area contributed by atoms with Gasteiger partial charge in [-0.3, -0.25) is 4.79 Å². The Morgan fingerprint density at radius 2 is 2.00 bits per heavy atom. The van der Waals surface area contributed by atoms with Gasteiger partial charge in [-0.2, -0.15) is 0 Å². The van der Waals surface area contributed by atoms with Crippen LogP contribution in [-0.4, -0.2) is 30.2 Å². The average Bonchev–Trinajstić information content (AvgIpc) is 2.65. The van der Waals surface area contributed by atoms with Crippen LogP contribution >= 0.6 is 11.3 Å². The lowest BCUT2D eigenvalue weighted by molar-refractivity contribution is -0.116. The van der Waals surface area contributed by atoms with Gasteiger partial charge in [0.2, 0.25) is 5.91 Å². The molecule has 0 radical (unpaired) electrons. The second kappa shape index (κ2) is 8.01. The third-order valence-corrected chi connectivity index (χ3v) is 4.05. The molecule has 6 heteroatoms. The van der Waals surface area contributed by atoms with Gasteiger partial charge in [0, 0.05) is 17.9 Å². The van der Waals surface area contributed by atoms with Gasteiger partial charge in [-0.1, -0.05) is 0 Å². The van der Waals surface area contributed by atoms with Crippen molar-refractivity contribution >= 4 is 28.2 Å². The maximum atomic E-state index is 11.9. The first-order valence-electron chi connectivity index (χ1n) is 6.69. The van der Waals surface area contributed by atoms with E-state index >= 15 is 0 Å². The second-order valence-electron chi connectivity index (χ2n) is 4.44. The molecule has 0 fully saturated rings. The SMILES string of the molecule is CCOC(=O)c1c(NC(=O)CCCCO)sc(C)c1C. The van der Waals surface area contributed by atoms with Crippen LogP contribution in [0.5, 0.6) is 0 Å². The number of carbonyl (C=O) groups excluding carboxylic acids is 2. The van der Waals surface area contributed by atoms with Gasteiger partial charge in [-0.25, -0.2) is 4.79 Å². The van der Waals surface area contributed by atoms with Crippen LogP contribution in [0.4, 0.5) is 5.00 Å². The molecule has 0 aliphatic carbocycles. The molecule has 112 valence electrons. The number of hydrogen-bond acceptors (Lipinski definition) is 5. The smallest absolute Gasteiger partial charge is 0.341 e. The third-order valence-electron chi connectivity index (χ3n) is 2.93. The number of anilines is 1. The predicted molar refractivity (Wildman–Crippen MR) is 79.3 cm³/mol. The summed E-state index contributed by atoms with van der Waals surface area (Å²) in [7, 11) is 0. The maximum Gasteiger partial charge on any atom is 0.341 e. The summed E-state index contributed by atoms with van der Waals surface area (Å²) in [6.07, 6.45) is 1.56. The van der Waals surface area contributed by atoms with E-state index < -0.39 is 5.97 Å². The molecule has 1 heterocycles. The van der Waals surface area contributed by atoms with E-state index in [4.69, 9.17) is 9.84 Å². The molecule has 1 rings (SSSR count). The number of aryl methyl sites for hydroxylation is 1. The maximum absolute atomic E-state index is 11.9. The molecule has 0 aliphatic rings. The minimum atomic E-state index is -0.403. The summed E-state index contributed by atoms with van der Waals surface area (Å²) in [4.78, 5) is 24.7. The van der Waals surface area contributed by atoms with Crippen LogP contribution in [0.1, 0.15) is 47.0 Å². The highest BCUT2D eigenvalue weighted by atomic mass is 32.1. The van der Waals surface area contributed by atoms with Crippen molar-refractivity contribution in [2.24, 2.45) is 0 Å². The molecular weight excluding hydrogens is 278 g/mol. The number of hydrogen-bond donors (Lipinski definition) is 2. The Balaban J connectivity index is 2.81. The fourth-order valence-electron chi connectivity index (χ4n) is 1.75. The number of unbranched alkanes of at least 4 members (excludes halogenated alkanes) is 1. The Kier molecular flexibility index (Phi) is 6.67. The van der Waals surface area contributed by atoms with Crippen molar-refractivity contribution in [2.75, 3.05) is 18.5 Å². The van der Waals surface area contributed by atoms with Crippen molar-refractivity contribution in [1.82, 2.24) is 0 Å². The van der Waals surface area contributed by atoms with Crippen molar-refractivity contribution in [1.29, 1.82) is 0 Å². The zero-order chi connectivity index (χ0) is 15.1. The monoisotopic (exact) mass is 299 g/mol. The molecule has 1 amide bonds. The Morgan fingerprint density at radius 3 is 2.60 bits per heavy atom. The number of carbonyl (C=O) groups is 2. The van der Waals surface area contributed by atoms with Crippen LogP contribution < -0.4 is 5.32 Å². The molecule has 2 N–H and O–H groups in total. The van der Waals surface area contributed by atoms with Crippen molar-refractivity contribution in [2.45, 2.75) is 40.0 Å². The first-order chi connectivity index (χ1) is 9.51. The molecular formula is C14H21NO4S. The fourth-order valence-corrected chi connectivity index (χ4v) is 2.82. The normalized spacial score (nSPS) is 10.4. The molecule has 1 aromatic heterocycles. The number of thiophene rings is 1. The lowest BCUT2D eigenvalue weighted by Gasteiger charge is -2.07. The minimum Gasteiger partial charge on any atom is -0.462 e. The van der Waals surface area contributed by atoms with E-state index in [2.05, 4.69) is 5.32 Å². The average molecular weight is 299 g/mol. The summed E-state index contributed by atoms with van der Waals surface area (Å²) >= 11 is 1.38. The van der Waals surface area contributed by atoms with E-state index in [1.807, 2.05) is 13.8 Å². The number of aliphatic hydroxyl groups is 1. The number of ether oxygens (including phenoxy) is 1. The summed E-state index contributed by atoms with van der Waals surface area (Å²) in [6.45, 7) is 5.89. The molecule has 0 saturated carbocycles. The highest BCUT2D eigenvalue weighted by molar-refractivity contribution is 7.16. The van der Waals surface area contributed by atoms with Gasteiger partial charge in [0.25, 0.3) is 0 Å². The summed E-state index contributed by atoms with van der Waals surface area (Å²) in [6, 6.07) is 0. The van der Waals surface area contributed by atoms with Crippen LogP contribution in [-0.2, 0) is 9.53 Å². The zero-order valence-electron chi connectivity index (χ0n) is 12.1. The Hall–Kier alpha value is -1.40. The Labute approximate surface area is 123 Å².